The Kier molecular flexibility index (Phi) is 3.58. The monoisotopic (exact) mass is 349 g/mol. The van der Waals surface area contributed by atoms with E-state index in [0.717, 1.165) is 5.39 Å². The minimum Gasteiger partial charge on any atom is -0.482 e. The third-order valence-electron chi connectivity index (χ3n) is 4.04. The maximum atomic E-state index is 12.5. The highest BCUT2D eigenvalue weighted by Crippen LogP contribution is 2.30. The molecule has 0 aliphatic carbocycles. The predicted molar refractivity (Wildman–Crippen MR) is 98.3 cm³/mol. The predicted octanol–water partition coefficient (Wildman–Crippen LogP) is 1.31. The molecule has 0 saturated heterocycles. The Bertz CT molecular complexity index is 1210. The maximum Gasteiger partial charge on any atom is 0.261 e. The van der Waals surface area contributed by atoms with E-state index in [0.29, 0.717) is 27.9 Å². The van der Waals surface area contributed by atoms with Crippen LogP contribution >= 0.6 is 0 Å². The Hall–Kier alpha value is -3.81. The summed E-state index contributed by atoms with van der Waals surface area (Å²) in [6, 6.07) is 14.3. The number of para-hydroxylation sites is 3. The van der Waals surface area contributed by atoms with Crippen LogP contribution in [-0.2, 0) is 4.79 Å². The first-order chi connectivity index (χ1) is 12.6. The van der Waals surface area contributed by atoms with E-state index in [1.54, 1.807) is 30.3 Å². The molecule has 0 aliphatic heterocycles. The number of hydrogen-bond acceptors (Lipinski definition) is 5. The number of carbonyl (C=O) groups is 1. The summed E-state index contributed by atoms with van der Waals surface area (Å²) >= 11 is 0. The average Bonchev–Trinajstić information content (AvgIpc) is 2.98. The largest absolute Gasteiger partial charge is 0.482 e. The van der Waals surface area contributed by atoms with Crippen LogP contribution < -0.4 is 21.8 Å². The SMILES string of the molecule is NC(=O)COc1ccccc1-n1nc2c(c1N)c(=O)[nH]c1ccccc12. The second kappa shape index (κ2) is 5.92. The maximum absolute atomic E-state index is 12.5. The third-order valence-corrected chi connectivity index (χ3v) is 4.04. The number of rotatable bonds is 4. The number of carbonyl (C=O) groups excluding carboxylic acids is 1. The summed E-state index contributed by atoms with van der Waals surface area (Å²) < 4.78 is 6.88. The second-order valence-electron chi connectivity index (χ2n) is 5.74. The number of aromatic nitrogens is 3. The van der Waals surface area contributed by atoms with Crippen LogP contribution in [0.4, 0.5) is 5.82 Å². The lowest BCUT2D eigenvalue weighted by Gasteiger charge is -2.11. The Morgan fingerprint density at radius 3 is 2.69 bits per heavy atom. The number of amides is 1. The minimum atomic E-state index is -0.596. The number of nitrogen functional groups attached to an aromatic ring is 1. The minimum absolute atomic E-state index is 0.183. The van der Waals surface area contributed by atoms with Gasteiger partial charge >= 0.3 is 0 Å². The zero-order valence-corrected chi connectivity index (χ0v) is 13.6. The Morgan fingerprint density at radius 2 is 1.88 bits per heavy atom. The highest BCUT2D eigenvalue weighted by Gasteiger charge is 2.18. The number of aromatic amines is 1. The molecule has 1 amide bonds. The van der Waals surface area contributed by atoms with Crippen LogP contribution in [0.1, 0.15) is 0 Å². The number of fused-ring (bicyclic) bond motifs is 3. The van der Waals surface area contributed by atoms with Gasteiger partial charge in [-0.3, -0.25) is 9.59 Å². The molecule has 4 aromatic rings. The summed E-state index contributed by atoms with van der Waals surface area (Å²) in [5, 5.41) is 5.61. The van der Waals surface area contributed by atoms with E-state index in [2.05, 4.69) is 10.1 Å². The van der Waals surface area contributed by atoms with Gasteiger partial charge in [0.2, 0.25) is 0 Å². The van der Waals surface area contributed by atoms with Gasteiger partial charge in [-0.2, -0.15) is 5.10 Å². The van der Waals surface area contributed by atoms with Gasteiger partial charge in [-0.15, -0.1) is 0 Å². The average molecular weight is 349 g/mol. The molecule has 0 aliphatic rings. The summed E-state index contributed by atoms with van der Waals surface area (Å²) in [7, 11) is 0. The zero-order valence-electron chi connectivity index (χ0n) is 13.6. The Balaban J connectivity index is 1.98. The highest BCUT2D eigenvalue weighted by molar-refractivity contribution is 6.06. The van der Waals surface area contributed by atoms with Crippen molar-refractivity contribution < 1.29 is 9.53 Å². The fraction of sp³-hybridized carbons (Fsp3) is 0.0556. The van der Waals surface area contributed by atoms with E-state index in [9.17, 15) is 9.59 Å². The van der Waals surface area contributed by atoms with Crippen LogP contribution in [0.25, 0.3) is 27.5 Å². The van der Waals surface area contributed by atoms with E-state index in [-0.39, 0.29) is 18.0 Å². The van der Waals surface area contributed by atoms with Crippen LogP contribution in [0.2, 0.25) is 0 Å². The lowest BCUT2D eigenvalue weighted by atomic mass is 10.1. The van der Waals surface area contributed by atoms with Gasteiger partial charge in [0.05, 0.1) is 5.52 Å². The standard InChI is InChI=1S/C18H15N5O3/c19-14(24)9-26-13-8-4-3-7-12(13)23-17(20)15-16(22-23)10-5-1-2-6-11(10)21-18(15)25/h1-8H,9,20H2,(H2,19,24)(H,21,25). The molecular formula is C18H15N5O3. The molecule has 2 aromatic carbocycles. The molecule has 0 unspecified atom stereocenters. The van der Waals surface area contributed by atoms with Gasteiger partial charge in [-0.1, -0.05) is 30.3 Å². The quantitative estimate of drug-likeness (QED) is 0.511. The molecule has 4 rings (SSSR count). The van der Waals surface area contributed by atoms with Gasteiger partial charge in [0.1, 0.15) is 28.2 Å². The fourth-order valence-electron chi connectivity index (χ4n) is 2.91. The molecule has 0 fully saturated rings. The number of H-pyrrole nitrogens is 1. The lowest BCUT2D eigenvalue weighted by Crippen LogP contribution is -2.20. The smallest absolute Gasteiger partial charge is 0.261 e. The number of pyridine rings is 1. The van der Waals surface area contributed by atoms with Crippen LogP contribution in [0.15, 0.2) is 53.3 Å². The van der Waals surface area contributed by atoms with Crippen molar-refractivity contribution in [3.63, 3.8) is 0 Å². The van der Waals surface area contributed by atoms with Crippen molar-refractivity contribution in [1.82, 2.24) is 14.8 Å². The number of nitrogens with zero attached hydrogens (tertiary/aromatic N) is 2. The highest BCUT2D eigenvalue weighted by atomic mass is 16.5. The molecule has 5 N–H and O–H groups in total. The van der Waals surface area contributed by atoms with Crippen molar-refractivity contribution >= 4 is 33.5 Å². The first kappa shape index (κ1) is 15.7. The molecular weight excluding hydrogens is 334 g/mol. The van der Waals surface area contributed by atoms with E-state index >= 15 is 0 Å². The second-order valence-corrected chi connectivity index (χ2v) is 5.74. The number of primary amides is 1. The number of nitrogens with two attached hydrogens (primary N) is 2. The first-order valence-electron chi connectivity index (χ1n) is 7.86. The van der Waals surface area contributed by atoms with E-state index in [1.807, 2.05) is 18.2 Å². The molecule has 2 aromatic heterocycles. The Labute approximate surface area is 147 Å². The van der Waals surface area contributed by atoms with Crippen molar-refractivity contribution in [3.05, 3.63) is 58.9 Å². The van der Waals surface area contributed by atoms with Gasteiger partial charge in [-0.05, 0) is 18.2 Å². The number of ether oxygens (including phenoxy) is 1. The van der Waals surface area contributed by atoms with Crippen LogP contribution in [0, 0.1) is 0 Å². The van der Waals surface area contributed by atoms with E-state index in [1.165, 1.54) is 4.68 Å². The molecule has 8 nitrogen and oxygen atoms in total. The van der Waals surface area contributed by atoms with Crippen LogP contribution in [0.3, 0.4) is 0 Å². The van der Waals surface area contributed by atoms with Gasteiger partial charge < -0.3 is 21.2 Å². The van der Waals surface area contributed by atoms with Crippen molar-refractivity contribution in [3.8, 4) is 11.4 Å². The zero-order chi connectivity index (χ0) is 18.3. The van der Waals surface area contributed by atoms with Crippen LogP contribution in [0.5, 0.6) is 5.75 Å². The normalized spacial score (nSPS) is 11.1. The van der Waals surface area contributed by atoms with Crippen LogP contribution in [-0.4, -0.2) is 27.3 Å². The molecule has 130 valence electrons. The molecule has 26 heavy (non-hydrogen) atoms. The number of nitrogens with one attached hydrogen (secondary N) is 1. The topological polar surface area (TPSA) is 129 Å². The number of anilines is 1. The lowest BCUT2D eigenvalue weighted by molar-refractivity contribution is -0.119. The molecule has 8 heteroatoms. The van der Waals surface area contributed by atoms with Gasteiger partial charge in [-0.25, -0.2) is 4.68 Å². The van der Waals surface area contributed by atoms with E-state index in [4.69, 9.17) is 16.2 Å². The summed E-state index contributed by atoms with van der Waals surface area (Å²) in [5.74, 6) is -0.0329. The number of benzene rings is 2. The molecule has 0 bridgehead atoms. The van der Waals surface area contributed by atoms with Crippen molar-refractivity contribution in [1.29, 1.82) is 0 Å². The van der Waals surface area contributed by atoms with E-state index < -0.39 is 5.91 Å². The third kappa shape index (κ3) is 2.44. The number of hydrogen-bond donors (Lipinski definition) is 3. The summed E-state index contributed by atoms with van der Waals surface area (Å²) in [6.07, 6.45) is 0. The van der Waals surface area contributed by atoms with Gasteiger partial charge in [0.25, 0.3) is 11.5 Å². The van der Waals surface area contributed by atoms with Crippen molar-refractivity contribution in [2.75, 3.05) is 12.3 Å². The molecule has 2 heterocycles. The first-order valence-corrected chi connectivity index (χ1v) is 7.86. The van der Waals surface area contributed by atoms with Gasteiger partial charge in [0, 0.05) is 5.39 Å². The fourth-order valence-corrected chi connectivity index (χ4v) is 2.91. The molecule has 0 saturated carbocycles. The molecule has 0 radical (unpaired) electrons. The molecule has 0 atom stereocenters. The Morgan fingerprint density at radius 1 is 1.15 bits per heavy atom. The summed E-state index contributed by atoms with van der Waals surface area (Å²) in [4.78, 5) is 26.3. The van der Waals surface area contributed by atoms with Gasteiger partial charge in [0.15, 0.2) is 6.61 Å². The van der Waals surface area contributed by atoms with Crippen molar-refractivity contribution in [2.45, 2.75) is 0 Å². The summed E-state index contributed by atoms with van der Waals surface area (Å²) in [6.45, 7) is -0.277. The molecule has 0 spiro atoms. The summed E-state index contributed by atoms with van der Waals surface area (Å²) in [5.41, 5.74) is 12.7. The van der Waals surface area contributed by atoms with Crippen molar-refractivity contribution in [2.24, 2.45) is 5.73 Å².